The van der Waals surface area contributed by atoms with Crippen LogP contribution in [-0.4, -0.2) is 47.0 Å². The van der Waals surface area contributed by atoms with Crippen LogP contribution >= 0.6 is 12.2 Å². The first kappa shape index (κ1) is 17.3. The second kappa shape index (κ2) is 7.01. The predicted molar refractivity (Wildman–Crippen MR) is 83.6 cm³/mol. The molecule has 0 fully saturated rings. The summed E-state index contributed by atoms with van der Waals surface area (Å²) in [6.45, 7) is 0. The summed E-state index contributed by atoms with van der Waals surface area (Å²) in [7, 11) is 2.22. The average Bonchev–Trinajstić information content (AvgIpc) is 2.59. The summed E-state index contributed by atoms with van der Waals surface area (Å²) in [5.41, 5.74) is -0.917. The van der Waals surface area contributed by atoms with Crippen LogP contribution in [-0.2, 0) is 9.47 Å². The van der Waals surface area contributed by atoms with Crippen molar-refractivity contribution in [1.29, 1.82) is 0 Å². The molecule has 0 aliphatic carbocycles. The molecule has 0 saturated heterocycles. The maximum atomic E-state index is 12.8. The van der Waals surface area contributed by atoms with Gasteiger partial charge in [-0.25, -0.2) is 14.6 Å². The van der Waals surface area contributed by atoms with Gasteiger partial charge in [0.15, 0.2) is 16.2 Å². The fourth-order valence-corrected chi connectivity index (χ4v) is 2.14. The SMILES string of the molecule is COC(=O)c1nc(=S)[nH]c(C(=O)OC)c1C(=O)c1ccc(O)cc1. The minimum absolute atomic E-state index is 0.0430. The quantitative estimate of drug-likeness (QED) is 0.486. The predicted octanol–water partition coefficient (Wildman–Crippen LogP) is 1.65. The van der Waals surface area contributed by atoms with Gasteiger partial charge in [-0.15, -0.1) is 0 Å². The van der Waals surface area contributed by atoms with E-state index in [4.69, 9.17) is 12.2 Å². The Bertz CT molecular complexity index is 832. The Morgan fingerprint density at radius 3 is 2.21 bits per heavy atom. The van der Waals surface area contributed by atoms with Gasteiger partial charge >= 0.3 is 11.9 Å². The smallest absolute Gasteiger partial charge is 0.357 e. The molecule has 124 valence electrons. The van der Waals surface area contributed by atoms with Gasteiger partial charge < -0.3 is 19.6 Å². The number of ether oxygens (including phenoxy) is 2. The lowest BCUT2D eigenvalue weighted by Crippen LogP contribution is -2.21. The van der Waals surface area contributed by atoms with Crippen molar-refractivity contribution >= 4 is 29.9 Å². The Morgan fingerprint density at radius 1 is 1.08 bits per heavy atom. The van der Waals surface area contributed by atoms with Gasteiger partial charge in [-0.05, 0) is 36.5 Å². The summed E-state index contributed by atoms with van der Waals surface area (Å²) >= 11 is 4.87. The van der Waals surface area contributed by atoms with Crippen LogP contribution < -0.4 is 0 Å². The van der Waals surface area contributed by atoms with Crippen LogP contribution in [0.15, 0.2) is 24.3 Å². The van der Waals surface area contributed by atoms with E-state index in [1.807, 2.05) is 0 Å². The van der Waals surface area contributed by atoms with Crippen LogP contribution in [0.5, 0.6) is 5.75 Å². The molecule has 1 aromatic carbocycles. The number of phenols is 1. The third-order valence-electron chi connectivity index (χ3n) is 3.06. The maximum absolute atomic E-state index is 12.8. The zero-order valence-corrected chi connectivity index (χ0v) is 13.5. The Hall–Kier alpha value is -3.07. The van der Waals surface area contributed by atoms with Gasteiger partial charge in [0.2, 0.25) is 0 Å². The van der Waals surface area contributed by atoms with E-state index in [2.05, 4.69) is 19.4 Å². The molecular formula is C15H12N2O6S. The highest BCUT2D eigenvalue weighted by Crippen LogP contribution is 2.20. The van der Waals surface area contributed by atoms with Crippen LogP contribution in [0.4, 0.5) is 0 Å². The van der Waals surface area contributed by atoms with E-state index < -0.39 is 23.4 Å². The lowest BCUT2D eigenvalue weighted by Gasteiger charge is -2.11. The molecule has 0 atom stereocenters. The fraction of sp³-hybridized carbons (Fsp3) is 0.133. The number of benzene rings is 1. The number of aromatic amines is 1. The standard InChI is InChI=1S/C15H12N2O6S/c1-22-13(20)10-9(11(14(21)23-2)17-15(24)16-10)12(19)7-3-5-8(18)6-4-7/h3-6,18H,1-2H3,(H,16,17,24). The second-order valence-electron chi connectivity index (χ2n) is 4.50. The number of aromatic nitrogens is 2. The largest absolute Gasteiger partial charge is 0.508 e. The first-order valence-electron chi connectivity index (χ1n) is 6.53. The first-order valence-corrected chi connectivity index (χ1v) is 6.94. The number of nitrogens with zero attached hydrogens (tertiary/aromatic N) is 1. The Balaban J connectivity index is 2.75. The van der Waals surface area contributed by atoms with Crippen LogP contribution in [0.25, 0.3) is 0 Å². The summed E-state index contributed by atoms with van der Waals surface area (Å²) < 4.78 is 9.03. The maximum Gasteiger partial charge on any atom is 0.357 e. The molecule has 2 aromatic rings. The molecule has 8 nitrogen and oxygen atoms in total. The Morgan fingerprint density at radius 2 is 1.67 bits per heavy atom. The summed E-state index contributed by atoms with van der Waals surface area (Å²) in [6, 6.07) is 5.26. The van der Waals surface area contributed by atoms with Crippen molar-refractivity contribution in [3.05, 3.63) is 51.6 Å². The number of hydrogen-bond donors (Lipinski definition) is 2. The van der Waals surface area contributed by atoms with E-state index >= 15 is 0 Å². The molecule has 2 N–H and O–H groups in total. The molecule has 0 unspecified atom stereocenters. The molecule has 2 rings (SSSR count). The topological polar surface area (TPSA) is 119 Å². The van der Waals surface area contributed by atoms with E-state index in [9.17, 15) is 19.5 Å². The van der Waals surface area contributed by atoms with Gasteiger partial charge in [-0.3, -0.25) is 4.79 Å². The lowest BCUT2D eigenvalue weighted by atomic mass is 9.99. The number of carbonyl (C=O) groups is 3. The Labute approximate surface area is 141 Å². The van der Waals surface area contributed by atoms with Gasteiger partial charge in [0.25, 0.3) is 0 Å². The molecule has 0 amide bonds. The number of ketones is 1. The summed E-state index contributed by atoms with van der Waals surface area (Å²) in [5, 5.41) is 9.32. The Kier molecular flexibility index (Phi) is 5.05. The number of esters is 2. The molecule has 0 aliphatic rings. The normalized spacial score (nSPS) is 10.1. The number of carbonyl (C=O) groups excluding carboxylic acids is 3. The monoisotopic (exact) mass is 348 g/mol. The first-order chi connectivity index (χ1) is 11.4. The average molecular weight is 348 g/mol. The van der Waals surface area contributed by atoms with Gasteiger partial charge in [0.05, 0.1) is 19.8 Å². The number of H-pyrrole nitrogens is 1. The van der Waals surface area contributed by atoms with E-state index in [0.29, 0.717) is 0 Å². The lowest BCUT2D eigenvalue weighted by molar-refractivity contribution is 0.0582. The van der Waals surface area contributed by atoms with E-state index in [-0.39, 0.29) is 27.3 Å². The molecule has 0 bridgehead atoms. The number of aromatic hydroxyl groups is 1. The fourth-order valence-electron chi connectivity index (χ4n) is 1.95. The number of rotatable bonds is 4. The molecule has 0 spiro atoms. The van der Waals surface area contributed by atoms with E-state index in [1.54, 1.807) is 0 Å². The summed E-state index contributed by atoms with van der Waals surface area (Å²) in [6.07, 6.45) is 0. The van der Waals surface area contributed by atoms with Crippen LogP contribution in [0.3, 0.4) is 0 Å². The highest BCUT2D eigenvalue weighted by atomic mass is 32.1. The van der Waals surface area contributed by atoms with Gasteiger partial charge in [-0.2, -0.15) is 0 Å². The van der Waals surface area contributed by atoms with E-state index in [0.717, 1.165) is 14.2 Å². The summed E-state index contributed by atoms with van der Waals surface area (Å²) in [5.74, 6) is -2.55. The van der Waals surface area contributed by atoms with E-state index in [1.165, 1.54) is 24.3 Å². The van der Waals surface area contributed by atoms with Crippen molar-refractivity contribution in [2.75, 3.05) is 14.2 Å². The molecular weight excluding hydrogens is 336 g/mol. The molecule has 1 aromatic heterocycles. The zero-order chi connectivity index (χ0) is 17.9. The van der Waals surface area contributed by atoms with Crippen LogP contribution in [0.2, 0.25) is 0 Å². The minimum atomic E-state index is -0.928. The number of nitrogens with one attached hydrogen (secondary N) is 1. The number of methoxy groups -OCH3 is 2. The summed E-state index contributed by atoms with van der Waals surface area (Å²) in [4.78, 5) is 42.9. The second-order valence-corrected chi connectivity index (χ2v) is 4.89. The zero-order valence-electron chi connectivity index (χ0n) is 12.7. The van der Waals surface area contributed by atoms with Gasteiger partial charge in [0, 0.05) is 5.56 Å². The van der Waals surface area contributed by atoms with Crippen molar-refractivity contribution in [2.24, 2.45) is 0 Å². The van der Waals surface area contributed by atoms with Crippen molar-refractivity contribution in [1.82, 2.24) is 9.97 Å². The third-order valence-corrected chi connectivity index (χ3v) is 3.25. The molecule has 1 heterocycles. The molecule has 24 heavy (non-hydrogen) atoms. The van der Waals surface area contributed by atoms with Crippen molar-refractivity contribution < 1.29 is 29.0 Å². The minimum Gasteiger partial charge on any atom is -0.508 e. The van der Waals surface area contributed by atoms with Crippen molar-refractivity contribution in [3.63, 3.8) is 0 Å². The van der Waals surface area contributed by atoms with Crippen LogP contribution in [0.1, 0.15) is 36.9 Å². The molecule has 9 heteroatoms. The molecule has 0 aliphatic heterocycles. The highest BCUT2D eigenvalue weighted by molar-refractivity contribution is 7.71. The van der Waals surface area contributed by atoms with Gasteiger partial charge in [-0.1, -0.05) is 0 Å². The highest BCUT2D eigenvalue weighted by Gasteiger charge is 2.28. The number of hydrogen-bond acceptors (Lipinski definition) is 8. The van der Waals surface area contributed by atoms with Crippen molar-refractivity contribution in [2.45, 2.75) is 0 Å². The third kappa shape index (κ3) is 3.30. The van der Waals surface area contributed by atoms with Crippen molar-refractivity contribution in [3.8, 4) is 5.75 Å². The molecule has 0 saturated carbocycles. The number of phenolic OH excluding ortho intramolecular Hbond substituents is 1. The van der Waals surface area contributed by atoms with Crippen LogP contribution in [0, 0.1) is 4.77 Å². The molecule has 0 radical (unpaired) electrons. The van der Waals surface area contributed by atoms with Gasteiger partial charge in [0.1, 0.15) is 11.4 Å².